The van der Waals surface area contributed by atoms with Gasteiger partial charge in [0.2, 0.25) is 11.8 Å². The predicted molar refractivity (Wildman–Crippen MR) is 152 cm³/mol. The maximum Gasteiger partial charge on any atom is 0.248 e. The molecule has 0 fully saturated rings. The second-order valence-electron chi connectivity index (χ2n) is 11.1. The van der Waals surface area contributed by atoms with E-state index in [1.807, 2.05) is 62.6 Å². The lowest BCUT2D eigenvalue weighted by atomic mass is 9.82. The standard InChI is InChI=1S/C31H40F2N4O3/c1-5-14-35-30(40)26(34)13-15-37(28(39)20-38)29(31(2,3)4)27-16-22(24-17-23(32)11-12-25(24)33)19-36(27)18-21-9-7-6-8-10-21/h6-12,16-17,19,26,29,38H,5,13-15,18,20,34H2,1-4H3,(H,35,40)/t26-,29-/m0/s1. The largest absolute Gasteiger partial charge is 0.387 e. The minimum absolute atomic E-state index is 0.107. The lowest BCUT2D eigenvalue weighted by Gasteiger charge is -2.41. The molecule has 2 amide bonds. The zero-order chi connectivity index (χ0) is 29.4. The van der Waals surface area contributed by atoms with Crippen molar-refractivity contribution in [3.63, 3.8) is 0 Å². The van der Waals surface area contributed by atoms with E-state index in [9.17, 15) is 23.5 Å². The predicted octanol–water partition coefficient (Wildman–Crippen LogP) is 4.63. The van der Waals surface area contributed by atoms with Crippen molar-refractivity contribution in [1.29, 1.82) is 0 Å². The van der Waals surface area contributed by atoms with Crippen molar-refractivity contribution in [3.05, 3.63) is 83.7 Å². The fraction of sp³-hybridized carbons (Fsp3) is 0.419. The molecule has 40 heavy (non-hydrogen) atoms. The summed E-state index contributed by atoms with van der Waals surface area (Å²) in [5.74, 6) is -1.95. The molecule has 1 aromatic heterocycles. The Morgan fingerprint density at radius 3 is 2.42 bits per heavy atom. The summed E-state index contributed by atoms with van der Waals surface area (Å²) in [6, 6.07) is 13.3. The maximum atomic E-state index is 14.8. The van der Waals surface area contributed by atoms with Crippen LogP contribution in [0.4, 0.5) is 8.78 Å². The number of aliphatic hydroxyl groups is 1. The van der Waals surface area contributed by atoms with Gasteiger partial charge in [-0.05, 0) is 48.1 Å². The molecular weight excluding hydrogens is 514 g/mol. The van der Waals surface area contributed by atoms with Gasteiger partial charge < -0.3 is 25.6 Å². The Bertz CT molecular complexity index is 1290. The van der Waals surface area contributed by atoms with Crippen molar-refractivity contribution in [1.82, 2.24) is 14.8 Å². The monoisotopic (exact) mass is 554 g/mol. The molecule has 4 N–H and O–H groups in total. The number of rotatable bonds is 12. The van der Waals surface area contributed by atoms with Crippen LogP contribution in [0, 0.1) is 17.0 Å². The van der Waals surface area contributed by atoms with Gasteiger partial charge in [0.15, 0.2) is 0 Å². The van der Waals surface area contributed by atoms with Gasteiger partial charge in [0.05, 0.1) is 12.1 Å². The number of nitrogens with one attached hydrogen (secondary N) is 1. The number of hydrogen-bond donors (Lipinski definition) is 3. The third-order valence-corrected chi connectivity index (χ3v) is 6.80. The minimum atomic E-state index is -0.839. The van der Waals surface area contributed by atoms with Crippen LogP contribution >= 0.6 is 0 Å². The second kappa shape index (κ2) is 13.7. The first-order valence-corrected chi connectivity index (χ1v) is 13.6. The molecule has 0 aliphatic heterocycles. The first-order chi connectivity index (χ1) is 19.0. The van der Waals surface area contributed by atoms with E-state index in [2.05, 4.69) is 5.32 Å². The minimum Gasteiger partial charge on any atom is -0.387 e. The summed E-state index contributed by atoms with van der Waals surface area (Å²) < 4.78 is 30.9. The molecule has 0 spiro atoms. The molecule has 9 heteroatoms. The molecule has 3 rings (SSSR count). The Kier molecular flexibility index (Phi) is 10.6. The molecular formula is C31H40F2N4O3. The topological polar surface area (TPSA) is 101 Å². The molecule has 0 bridgehead atoms. The van der Waals surface area contributed by atoms with Crippen LogP contribution in [0.5, 0.6) is 0 Å². The van der Waals surface area contributed by atoms with Gasteiger partial charge in [-0.3, -0.25) is 9.59 Å². The molecule has 0 radical (unpaired) electrons. The number of nitrogens with two attached hydrogens (primary N) is 1. The van der Waals surface area contributed by atoms with E-state index < -0.39 is 41.6 Å². The summed E-state index contributed by atoms with van der Waals surface area (Å²) >= 11 is 0. The van der Waals surface area contributed by atoms with Crippen LogP contribution in [0.15, 0.2) is 60.8 Å². The number of aliphatic hydroxyl groups excluding tert-OH is 1. The number of halogens is 2. The van der Waals surface area contributed by atoms with E-state index in [-0.39, 0.29) is 24.4 Å². The summed E-state index contributed by atoms with van der Waals surface area (Å²) in [7, 11) is 0. The second-order valence-corrected chi connectivity index (χ2v) is 11.1. The van der Waals surface area contributed by atoms with Crippen molar-refractivity contribution in [2.75, 3.05) is 19.7 Å². The number of benzene rings is 2. The highest BCUT2D eigenvalue weighted by atomic mass is 19.1. The highest BCUT2D eigenvalue weighted by Crippen LogP contribution is 2.41. The fourth-order valence-electron chi connectivity index (χ4n) is 4.89. The number of amides is 2. The van der Waals surface area contributed by atoms with Gasteiger partial charge in [-0.1, -0.05) is 58.0 Å². The average Bonchev–Trinajstić information content (AvgIpc) is 3.32. The fourth-order valence-corrected chi connectivity index (χ4v) is 4.89. The van der Waals surface area contributed by atoms with Crippen molar-refractivity contribution in [2.24, 2.45) is 11.1 Å². The summed E-state index contributed by atoms with van der Waals surface area (Å²) in [5.41, 5.74) is 7.82. The zero-order valence-electron chi connectivity index (χ0n) is 23.7. The molecule has 0 saturated carbocycles. The molecule has 2 aromatic carbocycles. The third-order valence-electron chi connectivity index (χ3n) is 6.80. The van der Waals surface area contributed by atoms with Crippen LogP contribution in [-0.2, 0) is 16.1 Å². The van der Waals surface area contributed by atoms with Crippen LogP contribution in [0.25, 0.3) is 11.1 Å². The maximum absolute atomic E-state index is 14.8. The number of nitrogens with zero attached hydrogens (tertiary/aromatic N) is 2. The van der Waals surface area contributed by atoms with Crippen LogP contribution < -0.4 is 11.1 Å². The number of hydrogen-bond acceptors (Lipinski definition) is 4. The van der Waals surface area contributed by atoms with E-state index in [1.54, 1.807) is 12.3 Å². The molecule has 2 atom stereocenters. The molecule has 1 heterocycles. The van der Waals surface area contributed by atoms with Gasteiger partial charge in [0, 0.05) is 42.7 Å². The molecule has 7 nitrogen and oxygen atoms in total. The molecule has 216 valence electrons. The first-order valence-electron chi connectivity index (χ1n) is 13.6. The highest BCUT2D eigenvalue weighted by Gasteiger charge is 2.37. The van der Waals surface area contributed by atoms with E-state index >= 15 is 0 Å². The van der Waals surface area contributed by atoms with Crippen molar-refractivity contribution in [2.45, 2.75) is 59.2 Å². The Morgan fingerprint density at radius 2 is 1.80 bits per heavy atom. The molecule has 0 unspecified atom stereocenters. The SMILES string of the molecule is CCCNC(=O)[C@@H](N)CCN(C(=O)CO)[C@@H](c1cc(-c2cc(F)ccc2F)cn1Cc1ccccc1)C(C)(C)C. The smallest absolute Gasteiger partial charge is 0.248 e. The van der Waals surface area contributed by atoms with Crippen molar-refractivity contribution < 1.29 is 23.5 Å². The van der Waals surface area contributed by atoms with Crippen molar-refractivity contribution >= 4 is 11.8 Å². The normalized spacial score (nSPS) is 13.1. The summed E-state index contributed by atoms with van der Waals surface area (Å²) in [4.78, 5) is 27.1. The molecule has 0 aliphatic carbocycles. The molecule has 0 saturated heterocycles. The van der Waals surface area contributed by atoms with E-state index in [0.717, 1.165) is 30.2 Å². The summed E-state index contributed by atoms with van der Waals surface area (Å²) in [6.07, 6.45) is 2.70. The number of carbonyl (C=O) groups is 2. The van der Waals surface area contributed by atoms with Crippen LogP contribution in [-0.4, -0.2) is 52.1 Å². The summed E-state index contributed by atoms with van der Waals surface area (Å²) in [5, 5.41) is 12.7. The lowest BCUT2D eigenvalue weighted by molar-refractivity contribution is -0.140. The Labute approximate surface area is 235 Å². The quantitative estimate of drug-likeness (QED) is 0.304. The molecule has 0 aliphatic rings. The van der Waals surface area contributed by atoms with Crippen LogP contribution in [0.1, 0.15) is 57.8 Å². The van der Waals surface area contributed by atoms with E-state index in [4.69, 9.17) is 5.73 Å². The van der Waals surface area contributed by atoms with Gasteiger partial charge >= 0.3 is 0 Å². The van der Waals surface area contributed by atoms with Gasteiger partial charge in [0.1, 0.15) is 18.2 Å². The highest BCUT2D eigenvalue weighted by molar-refractivity contribution is 5.82. The Morgan fingerprint density at radius 1 is 1.10 bits per heavy atom. The van der Waals surface area contributed by atoms with E-state index in [0.29, 0.717) is 24.3 Å². The number of aromatic nitrogens is 1. The van der Waals surface area contributed by atoms with Gasteiger partial charge in [-0.15, -0.1) is 0 Å². The van der Waals surface area contributed by atoms with Crippen LogP contribution in [0.2, 0.25) is 0 Å². The van der Waals surface area contributed by atoms with Gasteiger partial charge in [0.25, 0.3) is 0 Å². The van der Waals surface area contributed by atoms with Crippen molar-refractivity contribution in [3.8, 4) is 11.1 Å². The van der Waals surface area contributed by atoms with Gasteiger partial charge in [-0.25, -0.2) is 8.78 Å². The van der Waals surface area contributed by atoms with Gasteiger partial charge in [-0.2, -0.15) is 0 Å². The summed E-state index contributed by atoms with van der Waals surface area (Å²) in [6.45, 7) is 8.14. The first kappa shape index (κ1) is 31.0. The zero-order valence-corrected chi connectivity index (χ0v) is 23.7. The Hall–Kier alpha value is -3.56. The van der Waals surface area contributed by atoms with Crippen LogP contribution in [0.3, 0.4) is 0 Å². The lowest BCUT2D eigenvalue weighted by Crippen LogP contribution is -2.47. The third kappa shape index (κ3) is 7.76. The van der Waals surface area contributed by atoms with E-state index in [1.165, 1.54) is 4.90 Å². The number of carbonyl (C=O) groups excluding carboxylic acids is 2. The molecule has 3 aromatic rings. The average molecular weight is 555 g/mol. The Balaban J connectivity index is 2.10.